The zero-order valence-corrected chi connectivity index (χ0v) is 9.18. The third-order valence-electron chi connectivity index (χ3n) is 2.61. The van der Waals surface area contributed by atoms with E-state index in [9.17, 15) is 5.11 Å². The predicted octanol–water partition coefficient (Wildman–Crippen LogP) is 2.49. The molecular weight excluding hydrogens is 202 g/mol. The van der Waals surface area contributed by atoms with Crippen molar-refractivity contribution in [1.82, 2.24) is 5.32 Å². The Bertz CT molecular complexity index is 420. The molecule has 2 N–H and O–H groups in total. The van der Waals surface area contributed by atoms with Crippen LogP contribution in [0.15, 0.2) is 47.1 Å². The fraction of sp³-hybridized carbons (Fsp3) is 0.231. The van der Waals surface area contributed by atoms with Gasteiger partial charge in [0.1, 0.15) is 11.5 Å². The Labute approximate surface area is 94.7 Å². The fourth-order valence-electron chi connectivity index (χ4n) is 1.70. The minimum absolute atomic E-state index is 0.166. The topological polar surface area (TPSA) is 45.4 Å². The largest absolute Gasteiger partial charge is 0.508 e. The lowest BCUT2D eigenvalue weighted by atomic mass is 10.0. The zero-order chi connectivity index (χ0) is 11.4. The van der Waals surface area contributed by atoms with Gasteiger partial charge in [0.05, 0.1) is 12.3 Å². The maximum Gasteiger partial charge on any atom is 0.121 e. The molecule has 0 aliphatic carbocycles. The molecule has 0 aliphatic rings. The lowest BCUT2D eigenvalue weighted by Crippen LogP contribution is -2.18. The molecule has 16 heavy (non-hydrogen) atoms. The summed E-state index contributed by atoms with van der Waals surface area (Å²) in [4.78, 5) is 0. The molecule has 0 saturated heterocycles. The number of nitrogens with one attached hydrogen (secondary N) is 1. The fourth-order valence-corrected chi connectivity index (χ4v) is 1.70. The molecule has 0 radical (unpaired) electrons. The van der Waals surface area contributed by atoms with Crippen molar-refractivity contribution in [3.63, 3.8) is 0 Å². The highest BCUT2D eigenvalue weighted by molar-refractivity contribution is 5.27. The lowest BCUT2D eigenvalue weighted by molar-refractivity contribution is 0.429. The summed E-state index contributed by atoms with van der Waals surface area (Å²) >= 11 is 0. The molecule has 3 nitrogen and oxygen atoms in total. The maximum atomic E-state index is 9.20. The number of hydrogen-bond acceptors (Lipinski definition) is 3. The van der Waals surface area contributed by atoms with Gasteiger partial charge < -0.3 is 14.8 Å². The van der Waals surface area contributed by atoms with Gasteiger partial charge >= 0.3 is 0 Å². The van der Waals surface area contributed by atoms with E-state index in [1.807, 2.05) is 31.3 Å². The number of likely N-dealkylation sites (N-methyl/N-ethyl adjacent to an activating group) is 1. The average Bonchev–Trinajstić information content (AvgIpc) is 2.82. The smallest absolute Gasteiger partial charge is 0.121 e. The SMILES string of the molecule is CNC(Cc1ccc(O)cc1)c1ccco1. The van der Waals surface area contributed by atoms with Gasteiger partial charge in [-0.25, -0.2) is 0 Å². The first-order chi connectivity index (χ1) is 7.79. The van der Waals surface area contributed by atoms with Crippen LogP contribution in [0.25, 0.3) is 0 Å². The first-order valence-corrected chi connectivity index (χ1v) is 5.28. The molecule has 84 valence electrons. The molecule has 0 fully saturated rings. The molecule has 0 saturated carbocycles. The van der Waals surface area contributed by atoms with Crippen molar-refractivity contribution in [2.75, 3.05) is 7.05 Å². The van der Waals surface area contributed by atoms with Gasteiger partial charge in [-0.2, -0.15) is 0 Å². The normalized spacial score (nSPS) is 12.6. The summed E-state index contributed by atoms with van der Waals surface area (Å²) in [5, 5.41) is 12.4. The molecule has 1 heterocycles. The van der Waals surface area contributed by atoms with Gasteiger partial charge in [0, 0.05) is 0 Å². The summed E-state index contributed by atoms with van der Waals surface area (Å²) in [5.74, 6) is 1.22. The van der Waals surface area contributed by atoms with Crippen molar-refractivity contribution in [2.24, 2.45) is 0 Å². The van der Waals surface area contributed by atoms with Gasteiger partial charge in [-0.3, -0.25) is 0 Å². The van der Waals surface area contributed by atoms with E-state index in [-0.39, 0.29) is 6.04 Å². The monoisotopic (exact) mass is 217 g/mol. The Hall–Kier alpha value is -1.74. The maximum absolute atomic E-state index is 9.20. The van der Waals surface area contributed by atoms with Crippen molar-refractivity contribution >= 4 is 0 Å². The van der Waals surface area contributed by atoms with E-state index >= 15 is 0 Å². The van der Waals surface area contributed by atoms with E-state index in [0.717, 1.165) is 17.7 Å². The van der Waals surface area contributed by atoms with Crippen LogP contribution in [0.5, 0.6) is 5.75 Å². The summed E-state index contributed by atoms with van der Waals surface area (Å²) in [7, 11) is 1.91. The van der Waals surface area contributed by atoms with E-state index in [2.05, 4.69) is 5.32 Å². The number of hydrogen-bond donors (Lipinski definition) is 2. The van der Waals surface area contributed by atoms with E-state index in [4.69, 9.17) is 4.42 Å². The van der Waals surface area contributed by atoms with Crippen molar-refractivity contribution < 1.29 is 9.52 Å². The van der Waals surface area contributed by atoms with E-state index in [0.29, 0.717) is 5.75 Å². The van der Waals surface area contributed by atoms with Crippen LogP contribution in [0.2, 0.25) is 0 Å². The Morgan fingerprint density at radius 3 is 2.56 bits per heavy atom. The van der Waals surface area contributed by atoms with Gasteiger partial charge in [0.2, 0.25) is 0 Å². The number of benzene rings is 1. The molecular formula is C13H15NO2. The molecule has 1 aromatic heterocycles. The summed E-state index contributed by atoms with van der Waals surface area (Å²) in [5.41, 5.74) is 1.16. The third-order valence-corrected chi connectivity index (χ3v) is 2.61. The summed E-state index contributed by atoms with van der Waals surface area (Å²) in [6, 6.07) is 11.2. The highest BCUT2D eigenvalue weighted by atomic mass is 16.3. The van der Waals surface area contributed by atoms with E-state index in [1.54, 1.807) is 18.4 Å². The lowest BCUT2D eigenvalue weighted by Gasteiger charge is -2.13. The van der Waals surface area contributed by atoms with Crippen molar-refractivity contribution in [3.05, 3.63) is 54.0 Å². The Balaban J connectivity index is 2.10. The summed E-state index contributed by atoms with van der Waals surface area (Å²) in [6.07, 6.45) is 2.51. The van der Waals surface area contributed by atoms with Gasteiger partial charge in [0.25, 0.3) is 0 Å². The molecule has 1 aromatic carbocycles. The van der Waals surface area contributed by atoms with E-state index in [1.165, 1.54) is 0 Å². The number of phenolic OH excluding ortho intramolecular Hbond substituents is 1. The molecule has 2 rings (SSSR count). The summed E-state index contributed by atoms with van der Waals surface area (Å²) < 4.78 is 5.37. The van der Waals surface area contributed by atoms with Gasteiger partial charge in [-0.05, 0) is 43.3 Å². The Morgan fingerprint density at radius 2 is 2.00 bits per heavy atom. The van der Waals surface area contributed by atoms with Crippen LogP contribution in [0.1, 0.15) is 17.4 Å². The molecule has 3 heteroatoms. The van der Waals surface area contributed by atoms with Crippen LogP contribution in [-0.2, 0) is 6.42 Å². The number of rotatable bonds is 4. The van der Waals surface area contributed by atoms with Crippen LogP contribution < -0.4 is 5.32 Å². The van der Waals surface area contributed by atoms with Crippen LogP contribution in [0.3, 0.4) is 0 Å². The Kier molecular flexibility index (Phi) is 3.27. The number of furan rings is 1. The van der Waals surface area contributed by atoms with Crippen molar-refractivity contribution in [2.45, 2.75) is 12.5 Å². The molecule has 2 aromatic rings. The third kappa shape index (κ3) is 2.44. The molecule has 1 unspecified atom stereocenters. The standard InChI is InChI=1S/C13H15NO2/c1-14-12(13-3-2-8-16-13)9-10-4-6-11(15)7-5-10/h2-8,12,14-15H,9H2,1H3. The van der Waals surface area contributed by atoms with Crippen LogP contribution >= 0.6 is 0 Å². The van der Waals surface area contributed by atoms with E-state index < -0.39 is 0 Å². The second-order valence-electron chi connectivity index (χ2n) is 3.73. The molecule has 0 amide bonds. The first kappa shape index (κ1) is 10.8. The quantitative estimate of drug-likeness (QED) is 0.827. The van der Waals surface area contributed by atoms with Crippen molar-refractivity contribution in [1.29, 1.82) is 0 Å². The second kappa shape index (κ2) is 4.86. The van der Waals surface area contributed by atoms with Crippen molar-refractivity contribution in [3.8, 4) is 5.75 Å². The van der Waals surface area contributed by atoms with Crippen LogP contribution in [0.4, 0.5) is 0 Å². The highest BCUT2D eigenvalue weighted by Gasteiger charge is 2.12. The molecule has 0 aliphatic heterocycles. The zero-order valence-electron chi connectivity index (χ0n) is 9.18. The molecule has 1 atom stereocenters. The number of phenols is 1. The van der Waals surface area contributed by atoms with Gasteiger partial charge in [0.15, 0.2) is 0 Å². The Morgan fingerprint density at radius 1 is 1.25 bits per heavy atom. The first-order valence-electron chi connectivity index (χ1n) is 5.28. The minimum atomic E-state index is 0.166. The second-order valence-corrected chi connectivity index (χ2v) is 3.73. The average molecular weight is 217 g/mol. The molecule has 0 bridgehead atoms. The van der Waals surface area contributed by atoms with Gasteiger partial charge in [-0.1, -0.05) is 12.1 Å². The predicted molar refractivity (Wildman–Crippen MR) is 62.3 cm³/mol. The van der Waals surface area contributed by atoms with Crippen LogP contribution in [0, 0.1) is 0 Å². The van der Waals surface area contributed by atoms with Gasteiger partial charge in [-0.15, -0.1) is 0 Å². The minimum Gasteiger partial charge on any atom is -0.508 e. The van der Waals surface area contributed by atoms with Crippen LogP contribution in [-0.4, -0.2) is 12.2 Å². The highest BCUT2D eigenvalue weighted by Crippen LogP contribution is 2.19. The number of aromatic hydroxyl groups is 1. The summed E-state index contributed by atoms with van der Waals surface area (Å²) in [6.45, 7) is 0. The molecule has 0 spiro atoms.